The van der Waals surface area contributed by atoms with Crippen molar-refractivity contribution < 1.29 is 14.3 Å². The molecule has 0 aromatic heterocycles. The van der Waals surface area contributed by atoms with Crippen LogP contribution in [-0.4, -0.2) is 36.4 Å². The van der Waals surface area contributed by atoms with Crippen LogP contribution in [0.3, 0.4) is 0 Å². The number of carbonyl (C=O) groups excluding carboxylic acids is 2. The molecule has 5 heteroatoms. The molecule has 1 aliphatic heterocycles. The minimum absolute atomic E-state index is 0.0324. The highest BCUT2D eigenvalue weighted by Crippen LogP contribution is 2.20. The maximum Gasteiger partial charge on any atom is 0.260 e. The van der Waals surface area contributed by atoms with E-state index in [0.29, 0.717) is 31.7 Å². The number of nitrogens with zero attached hydrogens (tertiary/aromatic N) is 1. The molecule has 0 unspecified atom stereocenters. The summed E-state index contributed by atoms with van der Waals surface area (Å²) in [4.78, 5) is 26.6. The van der Waals surface area contributed by atoms with E-state index in [1.54, 1.807) is 4.90 Å². The molecule has 2 amide bonds. The van der Waals surface area contributed by atoms with E-state index in [1.807, 2.05) is 54.6 Å². The number of benzene rings is 2. The Hall–Kier alpha value is -2.82. The predicted molar refractivity (Wildman–Crippen MR) is 106 cm³/mol. The number of ether oxygens (including phenoxy) is 1. The lowest BCUT2D eigenvalue weighted by Gasteiger charge is -2.31. The van der Waals surface area contributed by atoms with Crippen LogP contribution in [0.15, 0.2) is 54.6 Å². The monoisotopic (exact) mass is 366 g/mol. The number of carbonyl (C=O) groups is 2. The van der Waals surface area contributed by atoms with Gasteiger partial charge in [0.25, 0.3) is 5.91 Å². The molecule has 0 radical (unpaired) electrons. The van der Waals surface area contributed by atoms with E-state index in [1.165, 1.54) is 5.56 Å². The van der Waals surface area contributed by atoms with Crippen molar-refractivity contribution in [2.75, 3.05) is 25.0 Å². The zero-order chi connectivity index (χ0) is 19.1. The number of piperidine rings is 1. The Morgan fingerprint density at radius 2 is 1.70 bits per heavy atom. The molecule has 0 spiro atoms. The molecule has 2 aromatic rings. The van der Waals surface area contributed by atoms with E-state index in [9.17, 15) is 9.59 Å². The van der Waals surface area contributed by atoms with Gasteiger partial charge in [-0.15, -0.1) is 0 Å². The minimum Gasteiger partial charge on any atom is -0.484 e. The standard InChI is InChI=1S/C22H26N2O3/c1-2-17-8-10-19(11-9-17)23-22(26)18-12-14-24(15-13-18)21(25)16-27-20-6-4-3-5-7-20/h3-11,18H,2,12-16H2,1H3,(H,23,26). The molecule has 3 rings (SSSR count). The molecule has 1 N–H and O–H groups in total. The number of anilines is 1. The molecule has 0 saturated carbocycles. The molecule has 27 heavy (non-hydrogen) atoms. The van der Waals surface area contributed by atoms with Crippen LogP contribution in [0.5, 0.6) is 5.75 Å². The molecule has 1 heterocycles. The smallest absolute Gasteiger partial charge is 0.260 e. The summed E-state index contributed by atoms with van der Waals surface area (Å²) in [5.74, 6) is 0.629. The predicted octanol–water partition coefficient (Wildman–Crippen LogP) is 3.51. The van der Waals surface area contributed by atoms with Crippen LogP contribution in [0.1, 0.15) is 25.3 Å². The Labute approximate surface area is 160 Å². The number of hydrogen-bond donors (Lipinski definition) is 1. The summed E-state index contributed by atoms with van der Waals surface area (Å²) in [6.07, 6.45) is 2.33. The van der Waals surface area contributed by atoms with Gasteiger partial charge in [-0.2, -0.15) is 0 Å². The molecule has 1 aliphatic rings. The summed E-state index contributed by atoms with van der Waals surface area (Å²) in [5.41, 5.74) is 2.07. The van der Waals surface area contributed by atoms with Gasteiger partial charge in [0.15, 0.2) is 6.61 Å². The first kappa shape index (κ1) is 19.0. The zero-order valence-electron chi connectivity index (χ0n) is 15.7. The first-order valence-electron chi connectivity index (χ1n) is 9.51. The van der Waals surface area contributed by atoms with Crippen LogP contribution >= 0.6 is 0 Å². The van der Waals surface area contributed by atoms with Crippen molar-refractivity contribution in [2.24, 2.45) is 5.92 Å². The summed E-state index contributed by atoms with van der Waals surface area (Å²) in [5, 5.41) is 2.99. The number of likely N-dealkylation sites (tertiary alicyclic amines) is 1. The first-order valence-corrected chi connectivity index (χ1v) is 9.51. The Kier molecular flexibility index (Phi) is 6.47. The minimum atomic E-state index is -0.0602. The number of aryl methyl sites for hydroxylation is 1. The molecule has 1 fully saturated rings. The molecular formula is C22H26N2O3. The highest BCUT2D eigenvalue weighted by atomic mass is 16.5. The van der Waals surface area contributed by atoms with Crippen LogP contribution in [0.2, 0.25) is 0 Å². The van der Waals surface area contributed by atoms with Crippen molar-refractivity contribution in [3.63, 3.8) is 0 Å². The summed E-state index contributed by atoms with van der Waals surface area (Å²) in [7, 11) is 0. The van der Waals surface area contributed by atoms with Gasteiger partial charge in [-0.05, 0) is 49.1 Å². The maximum absolute atomic E-state index is 12.5. The van der Waals surface area contributed by atoms with Gasteiger partial charge < -0.3 is 15.0 Å². The Bertz CT molecular complexity index is 751. The van der Waals surface area contributed by atoms with Crippen LogP contribution in [0.25, 0.3) is 0 Å². The summed E-state index contributed by atoms with van der Waals surface area (Å²) in [6.45, 7) is 3.31. The first-order chi connectivity index (χ1) is 13.2. The van der Waals surface area contributed by atoms with Gasteiger partial charge in [0.1, 0.15) is 5.75 Å². The van der Waals surface area contributed by atoms with Crippen LogP contribution in [-0.2, 0) is 16.0 Å². The third kappa shape index (κ3) is 5.33. The average molecular weight is 366 g/mol. The molecule has 142 valence electrons. The van der Waals surface area contributed by atoms with Crippen molar-refractivity contribution in [3.8, 4) is 5.75 Å². The molecule has 5 nitrogen and oxygen atoms in total. The molecule has 0 aliphatic carbocycles. The van der Waals surface area contributed by atoms with E-state index >= 15 is 0 Å². The molecule has 1 saturated heterocycles. The van der Waals surface area contributed by atoms with Crippen LogP contribution < -0.4 is 10.1 Å². The number of para-hydroxylation sites is 1. The van der Waals surface area contributed by atoms with Gasteiger partial charge in [-0.1, -0.05) is 37.3 Å². The second kappa shape index (κ2) is 9.21. The van der Waals surface area contributed by atoms with Gasteiger partial charge in [-0.25, -0.2) is 0 Å². The van der Waals surface area contributed by atoms with Gasteiger partial charge >= 0.3 is 0 Å². The average Bonchev–Trinajstić information content (AvgIpc) is 2.73. The summed E-state index contributed by atoms with van der Waals surface area (Å²) in [6, 6.07) is 17.3. The number of hydrogen-bond acceptors (Lipinski definition) is 3. The zero-order valence-corrected chi connectivity index (χ0v) is 15.7. The fourth-order valence-corrected chi connectivity index (χ4v) is 3.21. The fourth-order valence-electron chi connectivity index (χ4n) is 3.21. The lowest BCUT2D eigenvalue weighted by atomic mass is 9.95. The quantitative estimate of drug-likeness (QED) is 0.851. The van der Waals surface area contributed by atoms with Gasteiger partial charge in [0.2, 0.25) is 5.91 Å². The van der Waals surface area contributed by atoms with E-state index < -0.39 is 0 Å². The largest absolute Gasteiger partial charge is 0.484 e. The van der Waals surface area contributed by atoms with Crippen molar-refractivity contribution in [2.45, 2.75) is 26.2 Å². The van der Waals surface area contributed by atoms with Crippen molar-refractivity contribution >= 4 is 17.5 Å². The molecule has 2 aromatic carbocycles. The Morgan fingerprint density at radius 3 is 2.33 bits per heavy atom. The van der Waals surface area contributed by atoms with Gasteiger partial charge in [0.05, 0.1) is 0 Å². The third-order valence-electron chi connectivity index (χ3n) is 4.95. The number of amides is 2. The molecule has 0 atom stereocenters. The van der Waals surface area contributed by atoms with E-state index in [4.69, 9.17) is 4.74 Å². The van der Waals surface area contributed by atoms with Crippen LogP contribution in [0, 0.1) is 5.92 Å². The van der Waals surface area contributed by atoms with Crippen LogP contribution in [0.4, 0.5) is 5.69 Å². The van der Waals surface area contributed by atoms with Crippen molar-refractivity contribution in [1.29, 1.82) is 0 Å². The van der Waals surface area contributed by atoms with Crippen molar-refractivity contribution in [3.05, 3.63) is 60.2 Å². The SMILES string of the molecule is CCc1ccc(NC(=O)C2CCN(C(=O)COc3ccccc3)CC2)cc1. The highest BCUT2D eigenvalue weighted by molar-refractivity contribution is 5.92. The summed E-state index contributed by atoms with van der Waals surface area (Å²) >= 11 is 0. The Morgan fingerprint density at radius 1 is 1.04 bits per heavy atom. The number of rotatable bonds is 6. The van der Waals surface area contributed by atoms with E-state index in [2.05, 4.69) is 12.2 Å². The topological polar surface area (TPSA) is 58.6 Å². The number of nitrogens with one attached hydrogen (secondary N) is 1. The second-order valence-electron chi connectivity index (χ2n) is 6.80. The Balaban J connectivity index is 1.43. The lowest BCUT2D eigenvalue weighted by molar-refractivity contribution is -0.136. The van der Waals surface area contributed by atoms with E-state index in [0.717, 1.165) is 12.1 Å². The molecule has 0 bridgehead atoms. The van der Waals surface area contributed by atoms with E-state index in [-0.39, 0.29) is 24.3 Å². The normalized spacial score (nSPS) is 14.6. The summed E-state index contributed by atoms with van der Waals surface area (Å²) < 4.78 is 5.52. The lowest BCUT2D eigenvalue weighted by Crippen LogP contribution is -2.43. The van der Waals surface area contributed by atoms with Crippen molar-refractivity contribution in [1.82, 2.24) is 4.90 Å². The third-order valence-corrected chi connectivity index (χ3v) is 4.95. The van der Waals surface area contributed by atoms with Gasteiger partial charge in [0, 0.05) is 24.7 Å². The molecular weight excluding hydrogens is 340 g/mol. The second-order valence-corrected chi connectivity index (χ2v) is 6.80. The maximum atomic E-state index is 12.5. The fraction of sp³-hybridized carbons (Fsp3) is 0.364. The van der Waals surface area contributed by atoms with Gasteiger partial charge in [-0.3, -0.25) is 9.59 Å². The highest BCUT2D eigenvalue weighted by Gasteiger charge is 2.27.